The zero-order valence-electron chi connectivity index (χ0n) is 10.2. The summed E-state index contributed by atoms with van der Waals surface area (Å²) in [6, 6.07) is 7.32. The quantitative estimate of drug-likeness (QED) is 0.745. The van der Waals surface area contributed by atoms with Crippen molar-refractivity contribution in [2.45, 2.75) is 20.3 Å². The maximum absolute atomic E-state index is 13.6. The molecule has 3 heteroatoms. The van der Waals surface area contributed by atoms with Gasteiger partial charge in [-0.05, 0) is 48.7 Å². The summed E-state index contributed by atoms with van der Waals surface area (Å²) < 4.78 is 40.4. The van der Waals surface area contributed by atoms with Crippen LogP contribution in [0.4, 0.5) is 13.2 Å². The van der Waals surface area contributed by atoms with Gasteiger partial charge in [0.05, 0.1) is 0 Å². The van der Waals surface area contributed by atoms with E-state index in [0.29, 0.717) is 11.1 Å². The molecule has 0 aromatic heterocycles. The van der Waals surface area contributed by atoms with E-state index in [1.165, 1.54) is 25.1 Å². The summed E-state index contributed by atoms with van der Waals surface area (Å²) >= 11 is 0. The first-order valence-electron chi connectivity index (χ1n) is 5.67. The fourth-order valence-electron chi connectivity index (χ4n) is 1.82. The second-order valence-corrected chi connectivity index (χ2v) is 4.46. The van der Waals surface area contributed by atoms with Crippen molar-refractivity contribution in [3.05, 3.63) is 70.0 Å². The van der Waals surface area contributed by atoms with Gasteiger partial charge < -0.3 is 0 Å². The van der Waals surface area contributed by atoms with Crippen LogP contribution >= 0.6 is 0 Å². The van der Waals surface area contributed by atoms with Gasteiger partial charge in [-0.3, -0.25) is 0 Å². The minimum absolute atomic E-state index is 0.0110. The molecule has 2 aromatic rings. The first-order chi connectivity index (χ1) is 8.47. The van der Waals surface area contributed by atoms with Crippen molar-refractivity contribution in [1.82, 2.24) is 0 Å². The van der Waals surface area contributed by atoms with Crippen molar-refractivity contribution in [3.63, 3.8) is 0 Å². The Hall–Kier alpha value is -1.77. The van der Waals surface area contributed by atoms with Crippen LogP contribution in [0.2, 0.25) is 0 Å². The standard InChI is InChI=1S/C15H13F3/c1-9-3-4-12(15(18)5-9)6-11-7-13(16)10(2)14(17)8-11/h3-5,7-8H,6H2,1-2H3. The van der Waals surface area contributed by atoms with Gasteiger partial charge in [-0.15, -0.1) is 0 Å². The van der Waals surface area contributed by atoms with E-state index in [1.54, 1.807) is 19.1 Å². The predicted molar refractivity (Wildman–Crippen MR) is 65.0 cm³/mol. The van der Waals surface area contributed by atoms with Crippen molar-refractivity contribution in [1.29, 1.82) is 0 Å². The average Bonchev–Trinajstić information content (AvgIpc) is 2.29. The zero-order valence-corrected chi connectivity index (χ0v) is 10.2. The van der Waals surface area contributed by atoms with Crippen molar-refractivity contribution in [2.75, 3.05) is 0 Å². The van der Waals surface area contributed by atoms with Crippen LogP contribution in [0.25, 0.3) is 0 Å². The van der Waals surface area contributed by atoms with Crippen LogP contribution in [0, 0.1) is 31.3 Å². The highest BCUT2D eigenvalue weighted by atomic mass is 19.1. The molecule has 2 rings (SSSR count). The molecule has 0 aliphatic carbocycles. The van der Waals surface area contributed by atoms with E-state index in [9.17, 15) is 13.2 Å². The van der Waals surface area contributed by atoms with Crippen LogP contribution in [0.3, 0.4) is 0 Å². The lowest BCUT2D eigenvalue weighted by Crippen LogP contribution is -1.97. The molecule has 2 aromatic carbocycles. The van der Waals surface area contributed by atoms with E-state index in [1.807, 2.05) is 0 Å². The lowest BCUT2D eigenvalue weighted by molar-refractivity contribution is 0.564. The molecule has 0 saturated heterocycles. The molecule has 0 saturated carbocycles. The van der Waals surface area contributed by atoms with Gasteiger partial charge in [0, 0.05) is 12.0 Å². The zero-order chi connectivity index (χ0) is 13.3. The van der Waals surface area contributed by atoms with E-state index >= 15 is 0 Å². The van der Waals surface area contributed by atoms with Crippen LogP contribution < -0.4 is 0 Å². The number of hydrogen-bond acceptors (Lipinski definition) is 0. The predicted octanol–water partition coefficient (Wildman–Crippen LogP) is 4.31. The van der Waals surface area contributed by atoms with Gasteiger partial charge >= 0.3 is 0 Å². The van der Waals surface area contributed by atoms with Gasteiger partial charge in [0.2, 0.25) is 0 Å². The van der Waals surface area contributed by atoms with Gasteiger partial charge in [0.15, 0.2) is 0 Å². The molecule has 18 heavy (non-hydrogen) atoms. The Morgan fingerprint density at radius 3 is 2.00 bits per heavy atom. The van der Waals surface area contributed by atoms with Gasteiger partial charge in [-0.1, -0.05) is 12.1 Å². The largest absolute Gasteiger partial charge is 0.207 e. The molecule has 0 spiro atoms. The third kappa shape index (κ3) is 2.55. The molecule has 0 amide bonds. The van der Waals surface area contributed by atoms with Crippen LogP contribution in [0.5, 0.6) is 0 Å². The summed E-state index contributed by atoms with van der Waals surface area (Å²) in [7, 11) is 0. The summed E-state index contributed by atoms with van der Waals surface area (Å²) in [5.74, 6) is -1.55. The Morgan fingerprint density at radius 1 is 0.833 bits per heavy atom. The lowest BCUT2D eigenvalue weighted by Gasteiger charge is -2.07. The summed E-state index contributed by atoms with van der Waals surface area (Å²) in [4.78, 5) is 0. The topological polar surface area (TPSA) is 0 Å². The number of aryl methyl sites for hydroxylation is 1. The molecule has 0 heterocycles. The average molecular weight is 250 g/mol. The molecule has 0 aliphatic heterocycles. The number of hydrogen-bond donors (Lipinski definition) is 0. The van der Waals surface area contributed by atoms with Crippen LogP contribution in [-0.2, 0) is 6.42 Å². The molecule has 0 aliphatic rings. The fourth-order valence-corrected chi connectivity index (χ4v) is 1.82. The monoisotopic (exact) mass is 250 g/mol. The minimum atomic E-state index is -0.600. The highest BCUT2D eigenvalue weighted by Gasteiger charge is 2.09. The fraction of sp³-hybridized carbons (Fsp3) is 0.200. The molecule has 0 unspecified atom stereocenters. The minimum Gasteiger partial charge on any atom is -0.207 e. The molecule has 0 bridgehead atoms. The van der Waals surface area contributed by atoms with Crippen molar-refractivity contribution < 1.29 is 13.2 Å². The molecule has 0 fully saturated rings. The molecule has 0 nitrogen and oxygen atoms in total. The number of benzene rings is 2. The Labute approximate surface area is 104 Å². The molecular formula is C15H13F3. The Balaban J connectivity index is 2.34. The van der Waals surface area contributed by atoms with Crippen LogP contribution in [0.15, 0.2) is 30.3 Å². The SMILES string of the molecule is Cc1ccc(Cc2cc(F)c(C)c(F)c2)c(F)c1. The molecule has 0 N–H and O–H groups in total. The van der Waals surface area contributed by atoms with E-state index in [2.05, 4.69) is 0 Å². The maximum atomic E-state index is 13.6. The summed E-state index contributed by atoms with van der Waals surface area (Å²) in [5, 5.41) is 0. The Morgan fingerprint density at radius 2 is 1.44 bits per heavy atom. The third-order valence-electron chi connectivity index (χ3n) is 2.94. The first-order valence-corrected chi connectivity index (χ1v) is 5.67. The van der Waals surface area contributed by atoms with Gasteiger partial charge in [-0.2, -0.15) is 0 Å². The first kappa shape index (κ1) is 12.7. The van der Waals surface area contributed by atoms with Gasteiger partial charge in [-0.25, -0.2) is 13.2 Å². The van der Waals surface area contributed by atoms with E-state index in [4.69, 9.17) is 0 Å². The smallest absolute Gasteiger partial charge is 0.129 e. The highest BCUT2D eigenvalue weighted by molar-refractivity contribution is 5.32. The van der Waals surface area contributed by atoms with Gasteiger partial charge in [0.25, 0.3) is 0 Å². The second-order valence-electron chi connectivity index (χ2n) is 4.46. The molecular weight excluding hydrogens is 237 g/mol. The van der Waals surface area contributed by atoms with E-state index in [-0.39, 0.29) is 17.8 Å². The lowest BCUT2D eigenvalue weighted by atomic mass is 10.0. The van der Waals surface area contributed by atoms with Crippen molar-refractivity contribution >= 4 is 0 Å². The maximum Gasteiger partial charge on any atom is 0.129 e. The van der Waals surface area contributed by atoms with Crippen LogP contribution in [0.1, 0.15) is 22.3 Å². The summed E-state index contributed by atoms with van der Waals surface area (Å²) in [5.41, 5.74) is 1.67. The van der Waals surface area contributed by atoms with Crippen molar-refractivity contribution in [2.24, 2.45) is 0 Å². The van der Waals surface area contributed by atoms with Crippen molar-refractivity contribution in [3.8, 4) is 0 Å². The third-order valence-corrected chi connectivity index (χ3v) is 2.94. The second kappa shape index (κ2) is 4.84. The Kier molecular flexibility index (Phi) is 3.41. The summed E-state index contributed by atoms with van der Waals surface area (Å²) in [6.45, 7) is 3.17. The van der Waals surface area contributed by atoms with E-state index in [0.717, 1.165) is 5.56 Å². The molecule has 0 atom stereocenters. The highest BCUT2D eigenvalue weighted by Crippen LogP contribution is 2.19. The van der Waals surface area contributed by atoms with E-state index < -0.39 is 11.6 Å². The molecule has 0 radical (unpaired) electrons. The van der Waals surface area contributed by atoms with Gasteiger partial charge in [0.1, 0.15) is 17.5 Å². The summed E-state index contributed by atoms with van der Waals surface area (Å²) in [6.07, 6.45) is 0.181. The Bertz CT molecular complexity index is 565. The molecule has 94 valence electrons. The number of halogens is 3. The normalized spacial score (nSPS) is 10.7. The van der Waals surface area contributed by atoms with Crippen LogP contribution in [-0.4, -0.2) is 0 Å². The number of rotatable bonds is 2.